The molecule has 1 aliphatic rings. The van der Waals surface area contributed by atoms with Gasteiger partial charge in [-0.2, -0.15) is 4.37 Å². The van der Waals surface area contributed by atoms with Crippen molar-refractivity contribution in [2.45, 2.75) is 0 Å². The van der Waals surface area contributed by atoms with Gasteiger partial charge in [-0.25, -0.2) is 9.59 Å². The van der Waals surface area contributed by atoms with Crippen LogP contribution in [0, 0.1) is 0 Å². The van der Waals surface area contributed by atoms with E-state index in [-0.39, 0.29) is 11.3 Å². The first kappa shape index (κ1) is 15.9. The Bertz CT molecular complexity index is 895. The summed E-state index contributed by atoms with van der Waals surface area (Å²) < 4.78 is 14.0. The summed E-state index contributed by atoms with van der Waals surface area (Å²) in [6.45, 7) is 0. The highest BCUT2D eigenvalue weighted by Crippen LogP contribution is 2.29. The predicted octanol–water partition coefficient (Wildman–Crippen LogP) is 2.79. The zero-order valence-corrected chi connectivity index (χ0v) is 13.9. The van der Waals surface area contributed by atoms with Crippen molar-refractivity contribution in [1.29, 1.82) is 0 Å². The van der Waals surface area contributed by atoms with Crippen LogP contribution in [0.4, 0.5) is 5.69 Å². The summed E-state index contributed by atoms with van der Waals surface area (Å²) in [5.41, 5.74) is 1.71. The number of benzene rings is 1. The standard InChI is InChI=1S/C17H14N2O4S/c1-22-16(20)13-5-3-4-8-19(15(13)17(21)23-2)12-7-6-11-10-24-18-14(11)9-12/h3-10H,1-2H3. The van der Waals surface area contributed by atoms with Crippen molar-refractivity contribution in [3.05, 3.63) is 59.3 Å². The van der Waals surface area contributed by atoms with E-state index in [9.17, 15) is 9.59 Å². The maximum absolute atomic E-state index is 12.3. The molecule has 0 bridgehead atoms. The van der Waals surface area contributed by atoms with Crippen LogP contribution in [0.25, 0.3) is 10.9 Å². The number of anilines is 1. The van der Waals surface area contributed by atoms with E-state index in [4.69, 9.17) is 9.47 Å². The lowest BCUT2D eigenvalue weighted by molar-refractivity contribution is -0.139. The molecule has 0 saturated carbocycles. The Morgan fingerprint density at radius 3 is 2.67 bits per heavy atom. The number of hydrogen-bond donors (Lipinski definition) is 0. The number of esters is 2. The zero-order valence-electron chi connectivity index (χ0n) is 13.1. The van der Waals surface area contributed by atoms with E-state index in [0.29, 0.717) is 5.69 Å². The van der Waals surface area contributed by atoms with Gasteiger partial charge in [-0.15, -0.1) is 0 Å². The Labute approximate surface area is 142 Å². The molecule has 0 fully saturated rings. The molecule has 0 radical (unpaired) electrons. The molecule has 6 nitrogen and oxygen atoms in total. The van der Waals surface area contributed by atoms with Crippen LogP contribution in [-0.2, 0) is 19.1 Å². The summed E-state index contributed by atoms with van der Waals surface area (Å²) in [6, 6.07) is 5.61. The largest absolute Gasteiger partial charge is 0.465 e. The zero-order chi connectivity index (χ0) is 17.1. The Morgan fingerprint density at radius 1 is 1.12 bits per heavy atom. The van der Waals surface area contributed by atoms with Gasteiger partial charge < -0.3 is 14.4 Å². The van der Waals surface area contributed by atoms with Gasteiger partial charge in [0, 0.05) is 22.7 Å². The summed E-state index contributed by atoms with van der Waals surface area (Å²) in [7, 11) is 2.53. The van der Waals surface area contributed by atoms with Crippen molar-refractivity contribution in [3.8, 4) is 0 Å². The van der Waals surface area contributed by atoms with Gasteiger partial charge in [-0.1, -0.05) is 6.08 Å². The first-order valence-corrected chi connectivity index (χ1v) is 7.88. The molecule has 0 atom stereocenters. The van der Waals surface area contributed by atoms with Gasteiger partial charge >= 0.3 is 11.9 Å². The highest BCUT2D eigenvalue weighted by atomic mass is 32.1. The Kier molecular flexibility index (Phi) is 4.43. The smallest absolute Gasteiger partial charge is 0.355 e. The maximum atomic E-state index is 12.3. The molecule has 7 heteroatoms. The van der Waals surface area contributed by atoms with E-state index >= 15 is 0 Å². The maximum Gasteiger partial charge on any atom is 0.355 e. The topological polar surface area (TPSA) is 68.7 Å². The predicted molar refractivity (Wildman–Crippen MR) is 91.4 cm³/mol. The molecule has 0 spiro atoms. The number of carbonyl (C=O) groups is 2. The van der Waals surface area contributed by atoms with E-state index in [1.165, 1.54) is 31.8 Å². The third-order valence-corrected chi connectivity index (χ3v) is 4.17. The van der Waals surface area contributed by atoms with Crippen molar-refractivity contribution >= 4 is 40.1 Å². The van der Waals surface area contributed by atoms with Crippen LogP contribution in [0.5, 0.6) is 0 Å². The minimum atomic E-state index is -0.634. The van der Waals surface area contributed by atoms with Gasteiger partial charge in [-0.3, -0.25) is 0 Å². The number of hydrogen-bond acceptors (Lipinski definition) is 7. The molecule has 2 aromatic rings. The quantitative estimate of drug-likeness (QED) is 0.799. The molecule has 1 aromatic heterocycles. The third kappa shape index (κ3) is 2.81. The first-order chi connectivity index (χ1) is 11.7. The summed E-state index contributed by atoms with van der Waals surface area (Å²) in [5.74, 6) is -1.25. The molecule has 3 rings (SSSR count). The van der Waals surface area contributed by atoms with Gasteiger partial charge in [0.2, 0.25) is 0 Å². The number of allylic oxidation sites excluding steroid dienone is 2. The lowest BCUT2D eigenvalue weighted by atomic mass is 10.1. The third-order valence-electron chi connectivity index (χ3n) is 3.51. The summed E-state index contributed by atoms with van der Waals surface area (Å²) in [6.07, 6.45) is 6.60. The Morgan fingerprint density at radius 2 is 1.92 bits per heavy atom. The normalized spacial score (nSPS) is 14.0. The molecule has 122 valence electrons. The fraction of sp³-hybridized carbons (Fsp3) is 0.118. The highest BCUT2D eigenvalue weighted by molar-refractivity contribution is 7.04. The first-order valence-electron chi connectivity index (χ1n) is 7.05. The van der Waals surface area contributed by atoms with E-state index in [1.54, 1.807) is 23.3 Å². The summed E-state index contributed by atoms with van der Waals surface area (Å²) >= 11 is 1.36. The van der Waals surface area contributed by atoms with Crippen molar-refractivity contribution in [2.24, 2.45) is 0 Å². The van der Waals surface area contributed by atoms with Crippen LogP contribution < -0.4 is 4.90 Å². The molecule has 24 heavy (non-hydrogen) atoms. The van der Waals surface area contributed by atoms with Crippen LogP contribution in [0.3, 0.4) is 0 Å². The van der Waals surface area contributed by atoms with E-state index in [0.717, 1.165) is 10.9 Å². The van der Waals surface area contributed by atoms with Gasteiger partial charge in [0.05, 0.1) is 25.3 Å². The van der Waals surface area contributed by atoms with Crippen molar-refractivity contribution < 1.29 is 19.1 Å². The fourth-order valence-electron chi connectivity index (χ4n) is 2.37. The number of methoxy groups -OCH3 is 2. The number of nitrogens with zero attached hydrogens (tertiary/aromatic N) is 2. The molecular weight excluding hydrogens is 328 g/mol. The Balaban J connectivity index is 2.18. The van der Waals surface area contributed by atoms with Crippen LogP contribution >= 0.6 is 11.5 Å². The number of aromatic nitrogens is 1. The molecule has 0 unspecified atom stereocenters. The molecule has 0 aliphatic carbocycles. The van der Waals surface area contributed by atoms with Crippen LogP contribution in [0.2, 0.25) is 0 Å². The van der Waals surface area contributed by atoms with Crippen molar-refractivity contribution in [2.75, 3.05) is 19.1 Å². The second-order valence-electron chi connectivity index (χ2n) is 4.87. The minimum absolute atomic E-state index is 0.0870. The number of ether oxygens (including phenoxy) is 2. The van der Waals surface area contributed by atoms with Gasteiger partial charge in [-0.05, 0) is 41.9 Å². The fourth-order valence-corrected chi connectivity index (χ4v) is 3.00. The van der Waals surface area contributed by atoms with Gasteiger partial charge in [0.1, 0.15) is 5.70 Å². The molecular formula is C17H14N2O4S. The number of fused-ring (bicyclic) bond motifs is 1. The van der Waals surface area contributed by atoms with Gasteiger partial charge in [0.15, 0.2) is 0 Å². The summed E-state index contributed by atoms with van der Waals surface area (Å²) in [4.78, 5) is 26.0. The number of carbonyl (C=O) groups excluding carboxylic acids is 2. The van der Waals surface area contributed by atoms with Crippen molar-refractivity contribution in [3.63, 3.8) is 0 Å². The highest BCUT2D eigenvalue weighted by Gasteiger charge is 2.27. The van der Waals surface area contributed by atoms with Crippen LogP contribution in [0.1, 0.15) is 0 Å². The minimum Gasteiger partial charge on any atom is -0.465 e. The SMILES string of the molecule is COC(=O)C1=C(C(=O)OC)N(c2ccc3csnc3c2)C=CC=C1. The second-order valence-corrected chi connectivity index (χ2v) is 5.50. The van der Waals surface area contributed by atoms with Crippen molar-refractivity contribution in [1.82, 2.24) is 4.37 Å². The lowest BCUT2D eigenvalue weighted by Gasteiger charge is -2.23. The average Bonchev–Trinajstić information content (AvgIpc) is 2.97. The number of rotatable bonds is 3. The average molecular weight is 342 g/mol. The lowest BCUT2D eigenvalue weighted by Crippen LogP contribution is -2.26. The molecule has 1 aliphatic heterocycles. The van der Waals surface area contributed by atoms with Crippen LogP contribution in [-0.4, -0.2) is 30.5 Å². The van der Waals surface area contributed by atoms with E-state index in [1.807, 2.05) is 23.6 Å². The Hall–Kier alpha value is -2.93. The molecule has 2 heterocycles. The second kappa shape index (κ2) is 6.67. The van der Waals surface area contributed by atoms with Crippen LogP contribution in [0.15, 0.2) is 59.3 Å². The van der Waals surface area contributed by atoms with E-state index in [2.05, 4.69) is 4.37 Å². The molecule has 1 aromatic carbocycles. The molecule has 0 saturated heterocycles. The van der Waals surface area contributed by atoms with E-state index < -0.39 is 11.9 Å². The van der Waals surface area contributed by atoms with Gasteiger partial charge in [0.25, 0.3) is 0 Å². The summed E-state index contributed by atoms with van der Waals surface area (Å²) in [5, 5.41) is 2.95. The molecule has 0 amide bonds. The molecule has 0 N–H and O–H groups in total. The monoisotopic (exact) mass is 342 g/mol.